The van der Waals surface area contributed by atoms with E-state index in [1.165, 1.54) is 17.0 Å². The number of nitrogens with zero attached hydrogens (tertiary/aromatic N) is 1. The number of benzene rings is 2. The monoisotopic (exact) mass is 498 g/mol. The maximum atomic E-state index is 13.2. The van der Waals surface area contributed by atoms with E-state index in [1.54, 1.807) is 37.3 Å². The molecule has 0 spiro atoms. The number of hydrogen-bond acceptors (Lipinski definition) is 3. The Labute approximate surface area is 189 Å². The van der Waals surface area contributed by atoms with Crippen LogP contribution < -0.4 is 10.1 Å². The fourth-order valence-corrected chi connectivity index (χ4v) is 3.39. The van der Waals surface area contributed by atoms with Crippen LogP contribution in [0.2, 0.25) is 5.02 Å². The Balaban J connectivity index is 2.18. The van der Waals surface area contributed by atoms with Crippen LogP contribution >= 0.6 is 27.5 Å². The molecule has 0 saturated heterocycles. The maximum Gasteiger partial charge on any atom is 0.261 e. The van der Waals surface area contributed by atoms with E-state index in [0.717, 1.165) is 4.47 Å². The predicted molar refractivity (Wildman–Crippen MR) is 119 cm³/mol. The summed E-state index contributed by atoms with van der Waals surface area (Å²) in [6.07, 6.45) is 0. The summed E-state index contributed by atoms with van der Waals surface area (Å²) in [7, 11) is 0. The minimum atomic E-state index is -0.759. The lowest BCUT2D eigenvalue weighted by Crippen LogP contribution is -2.53. The summed E-state index contributed by atoms with van der Waals surface area (Å²) in [4.78, 5) is 27.1. The molecule has 162 valence electrons. The lowest BCUT2D eigenvalue weighted by molar-refractivity contribution is -0.142. The highest BCUT2D eigenvalue weighted by Crippen LogP contribution is 2.27. The van der Waals surface area contributed by atoms with Crippen molar-refractivity contribution in [1.29, 1.82) is 0 Å². The van der Waals surface area contributed by atoms with Crippen LogP contribution in [0.15, 0.2) is 46.9 Å². The summed E-state index contributed by atoms with van der Waals surface area (Å²) in [6, 6.07) is 10.1. The van der Waals surface area contributed by atoms with Crippen molar-refractivity contribution in [3.63, 3.8) is 0 Å². The van der Waals surface area contributed by atoms with Crippen molar-refractivity contribution < 1.29 is 18.7 Å². The number of carbonyl (C=O) groups is 2. The van der Waals surface area contributed by atoms with Gasteiger partial charge in [0.2, 0.25) is 5.91 Å². The summed E-state index contributed by atoms with van der Waals surface area (Å²) in [5.41, 5.74) is 0.249. The summed E-state index contributed by atoms with van der Waals surface area (Å²) in [6.45, 7) is 7.08. The van der Waals surface area contributed by atoms with Crippen LogP contribution in [0.4, 0.5) is 4.39 Å². The molecule has 30 heavy (non-hydrogen) atoms. The Morgan fingerprint density at radius 1 is 1.20 bits per heavy atom. The summed E-state index contributed by atoms with van der Waals surface area (Å²) in [5, 5.41) is 3.24. The molecule has 0 radical (unpaired) electrons. The van der Waals surface area contributed by atoms with E-state index >= 15 is 0 Å². The second kappa shape index (κ2) is 10.3. The molecule has 1 N–H and O–H groups in total. The highest BCUT2D eigenvalue weighted by molar-refractivity contribution is 9.10. The molecule has 2 aromatic carbocycles. The SMILES string of the molecule is C[C@@H](C(=O)NC(C)(C)C)N(Cc1ccc(F)cc1)C(=O)COc1ccc(Br)cc1Cl. The quantitative estimate of drug-likeness (QED) is 0.586. The summed E-state index contributed by atoms with van der Waals surface area (Å²) < 4.78 is 19.6. The van der Waals surface area contributed by atoms with Crippen LogP contribution in [0.5, 0.6) is 5.75 Å². The van der Waals surface area contributed by atoms with Gasteiger partial charge < -0.3 is 15.0 Å². The van der Waals surface area contributed by atoms with Crippen molar-refractivity contribution >= 4 is 39.3 Å². The normalized spacial score (nSPS) is 12.2. The summed E-state index contributed by atoms with van der Waals surface area (Å²) >= 11 is 9.46. The molecule has 1 atom stereocenters. The minimum absolute atomic E-state index is 0.134. The Hall–Kier alpha value is -2.12. The highest BCUT2D eigenvalue weighted by Gasteiger charge is 2.28. The lowest BCUT2D eigenvalue weighted by Gasteiger charge is -2.31. The Morgan fingerprint density at radius 2 is 1.83 bits per heavy atom. The number of nitrogens with one attached hydrogen (secondary N) is 1. The van der Waals surface area contributed by atoms with Crippen LogP contribution in [-0.2, 0) is 16.1 Å². The van der Waals surface area contributed by atoms with Gasteiger partial charge in [0.15, 0.2) is 6.61 Å². The van der Waals surface area contributed by atoms with E-state index < -0.39 is 17.5 Å². The number of amides is 2. The molecule has 0 unspecified atom stereocenters. The van der Waals surface area contributed by atoms with Crippen molar-refractivity contribution in [1.82, 2.24) is 10.2 Å². The van der Waals surface area contributed by atoms with Gasteiger partial charge in [-0.05, 0) is 63.6 Å². The molecule has 0 bridgehead atoms. The second-order valence-corrected chi connectivity index (χ2v) is 9.25. The molecule has 0 aliphatic rings. The molecule has 0 aliphatic heterocycles. The van der Waals surface area contributed by atoms with Crippen molar-refractivity contribution in [2.24, 2.45) is 0 Å². The second-order valence-electron chi connectivity index (χ2n) is 7.93. The Morgan fingerprint density at radius 3 is 2.40 bits per heavy atom. The highest BCUT2D eigenvalue weighted by atomic mass is 79.9. The van der Waals surface area contributed by atoms with E-state index in [-0.39, 0.29) is 24.9 Å². The van der Waals surface area contributed by atoms with Crippen LogP contribution in [0.1, 0.15) is 33.3 Å². The van der Waals surface area contributed by atoms with Crippen molar-refractivity contribution in [3.05, 3.63) is 63.3 Å². The van der Waals surface area contributed by atoms with E-state index in [1.807, 2.05) is 20.8 Å². The van der Waals surface area contributed by atoms with Gasteiger partial charge in [-0.25, -0.2) is 4.39 Å². The van der Waals surface area contributed by atoms with Gasteiger partial charge in [-0.3, -0.25) is 9.59 Å². The third-order valence-corrected chi connectivity index (χ3v) is 4.97. The van der Waals surface area contributed by atoms with Gasteiger partial charge in [-0.2, -0.15) is 0 Å². The van der Waals surface area contributed by atoms with Gasteiger partial charge in [0, 0.05) is 16.6 Å². The molecule has 8 heteroatoms. The van der Waals surface area contributed by atoms with Gasteiger partial charge in [-0.15, -0.1) is 0 Å². The van der Waals surface area contributed by atoms with Gasteiger partial charge in [0.25, 0.3) is 5.91 Å². The van der Waals surface area contributed by atoms with E-state index in [4.69, 9.17) is 16.3 Å². The van der Waals surface area contributed by atoms with Gasteiger partial charge >= 0.3 is 0 Å². The minimum Gasteiger partial charge on any atom is -0.482 e. The number of ether oxygens (including phenoxy) is 1. The molecule has 0 aromatic heterocycles. The predicted octanol–water partition coefficient (Wildman–Crippen LogP) is 4.95. The fourth-order valence-electron chi connectivity index (χ4n) is 2.66. The van der Waals surface area contributed by atoms with Gasteiger partial charge in [-0.1, -0.05) is 39.7 Å². The van der Waals surface area contributed by atoms with Crippen LogP contribution in [0.3, 0.4) is 0 Å². The first-order valence-corrected chi connectivity index (χ1v) is 10.6. The fraction of sp³-hybridized carbons (Fsp3) is 0.364. The molecule has 0 aliphatic carbocycles. The first-order chi connectivity index (χ1) is 14.0. The Kier molecular flexibility index (Phi) is 8.26. The molecular weight excluding hydrogens is 475 g/mol. The number of carbonyl (C=O) groups excluding carboxylic acids is 2. The zero-order chi connectivity index (χ0) is 22.5. The van der Waals surface area contributed by atoms with E-state index in [2.05, 4.69) is 21.2 Å². The third-order valence-electron chi connectivity index (χ3n) is 4.18. The number of hydrogen-bond donors (Lipinski definition) is 1. The summed E-state index contributed by atoms with van der Waals surface area (Å²) in [5.74, 6) is -0.695. The van der Waals surface area contributed by atoms with Crippen molar-refractivity contribution in [2.75, 3.05) is 6.61 Å². The molecule has 0 heterocycles. The first kappa shape index (κ1) is 24.2. The average molecular weight is 500 g/mol. The van der Waals surface area contributed by atoms with Gasteiger partial charge in [0.05, 0.1) is 5.02 Å². The molecule has 0 fully saturated rings. The topological polar surface area (TPSA) is 58.6 Å². The van der Waals surface area contributed by atoms with Crippen LogP contribution in [-0.4, -0.2) is 34.9 Å². The van der Waals surface area contributed by atoms with Crippen molar-refractivity contribution in [2.45, 2.75) is 45.8 Å². The first-order valence-electron chi connectivity index (χ1n) is 9.40. The van der Waals surface area contributed by atoms with Crippen LogP contribution in [0.25, 0.3) is 0 Å². The van der Waals surface area contributed by atoms with E-state index in [9.17, 15) is 14.0 Å². The van der Waals surface area contributed by atoms with Crippen LogP contribution in [0, 0.1) is 5.82 Å². The molecule has 0 saturated carbocycles. The average Bonchev–Trinajstić information content (AvgIpc) is 2.64. The lowest BCUT2D eigenvalue weighted by atomic mass is 10.1. The zero-order valence-corrected chi connectivity index (χ0v) is 19.7. The Bertz CT molecular complexity index is 900. The molecule has 2 aromatic rings. The molecule has 5 nitrogen and oxygen atoms in total. The standard InChI is InChI=1S/C22H25BrClFN2O3/c1-14(21(29)26-22(2,3)4)27(12-15-5-8-17(25)9-6-15)20(28)13-30-19-10-7-16(23)11-18(19)24/h5-11,14H,12-13H2,1-4H3,(H,26,29)/t14-/m0/s1. The van der Waals surface area contributed by atoms with E-state index in [0.29, 0.717) is 16.3 Å². The molecular formula is C22H25BrClFN2O3. The number of halogens is 3. The molecule has 2 amide bonds. The third kappa shape index (κ3) is 7.29. The smallest absolute Gasteiger partial charge is 0.261 e. The largest absolute Gasteiger partial charge is 0.482 e. The van der Waals surface area contributed by atoms with Crippen molar-refractivity contribution in [3.8, 4) is 5.75 Å². The molecule has 2 rings (SSSR count). The zero-order valence-electron chi connectivity index (χ0n) is 17.3. The van der Waals surface area contributed by atoms with Gasteiger partial charge in [0.1, 0.15) is 17.6 Å². The number of rotatable bonds is 7. The maximum absolute atomic E-state index is 13.2.